The normalized spacial score (nSPS) is 11.2. The van der Waals surface area contributed by atoms with Gasteiger partial charge in [0.05, 0.1) is 5.75 Å². The third-order valence-corrected chi connectivity index (χ3v) is 4.80. The van der Waals surface area contributed by atoms with E-state index in [0.717, 1.165) is 9.37 Å². The average molecular weight is 392 g/mol. The van der Waals surface area contributed by atoms with Crippen molar-refractivity contribution in [2.45, 2.75) is 19.1 Å². The third kappa shape index (κ3) is 6.57. The molecule has 0 saturated heterocycles. The molecule has 0 atom stereocenters. The van der Waals surface area contributed by atoms with Gasteiger partial charge in [0.15, 0.2) is 9.84 Å². The van der Waals surface area contributed by atoms with Crippen LogP contribution in [0.15, 0.2) is 28.7 Å². The Morgan fingerprint density at radius 1 is 1.23 bits per heavy atom. The van der Waals surface area contributed by atoms with Crippen LogP contribution in [0.25, 0.3) is 0 Å². The van der Waals surface area contributed by atoms with Gasteiger partial charge in [-0.3, -0.25) is 9.59 Å². The molecule has 0 fully saturated rings. The number of hydrogen-bond acceptors (Lipinski definition) is 4. The Kier molecular flexibility index (Phi) is 7.02. The van der Waals surface area contributed by atoms with E-state index in [4.69, 9.17) is 5.11 Å². The first-order chi connectivity index (χ1) is 10.2. The lowest BCUT2D eigenvalue weighted by Gasteiger charge is -2.19. The Bertz CT molecular complexity index is 627. The first-order valence-electron chi connectivity index (χ1n) is 6.68. The Morgan fingerprint density at radius 2 is 1.82 bits per heavy atom. The number of benzene rings is 1. The maximum atomic E-state index is 12.1. The van der Waals surface area contributed by atoms with Crippen LogP contribution in [0.3, 0.4) is 0 Å². The highest BCUT2D eigenvalue weighted by Gasteiger charge is 2.23. The van der Waals surface area contributed by atoms with Crippen molar-refractivity contribution in [3.05, 3.63) is 34.3 Å². The summed E-state index contributed by atoms with van der Waals surface area (Å²) in [5, 5.41) is 8.77. The number of halogens is 1. The van der Waals surface area contributed by atoms with Crippen LogP contribution in [0, 0.1) is 0 Å². The molecule has 1 N–H and O–H groups in total. The number of carboxylic acids is 1. The van der Waals surface area contributed by atoms with Gasteiger partial charge in [-0.2, -0.15) is 0 Å². The third-order valence-electron chi connectivity index (χ3n) is 2.82. The number of rotatable bonds is 8. The number of nitrogens with zero attached hydrogens (tertiary/aromatic N) is 1. The molecular weight excluding hydrogens is 374 g/mol. The molecule has 122 valence electrons. The molecule has 0 aliphatic carbocycles. The fraction of sp³-hybridized carbons (Fsp3) is 0.429. The van der Waals surface area contributed by atoms with Crippen molar-refractivity contribution in [3.63, 3.8) is 0 Å². The van der Waals surface area contributed by atoms with Crippen LogP contribution in [0.5, 0.6) is 0 Å². The number of sulfone groups is 1. The molecule has 0 aliphatic heterocycles. The van der Waals surface area contributed by atoms with E-state index in [1.54, 1.807) is 31.2 Å². The maximum Gasteiger partial charge on any atom is 0.323 e. The second-order valence-electron chi connectivity index (χ2n) is 4.87. The minimum absolute atomic E-state index is 0.221. The van der Waals surface area contributed by atoms with Crippen molar-refractivity contribution >= 4 is 37.6 Å². The lowest BCUT2D eigenvalue weighted by molar-refractivity contribution is -0.143. The SMILES string of the molecule is CCCN(CC(=O)O)C(=O)CS(=O)(=O)Cc1ccc(Br)cc1. The smallest absolute Gasteiger partial charge is 0.323 e. The topological polar surface area (TPSA) is 91.8 Å². The zero-order valence-corrected chi connectivity index (χ0v) is 14.6. The molecule has 0 aliphatic rings. The second-order valence-corrected chi connectivity index (χ2v) is 7.85. The standard InChI is InChI=1S/C14H18BrNO5S/c1-2-7-16(8-14(18)19)13(17)10-22(20,21)9-11-3-5-12(15)6-4-11/h3-6H,2,7-10H2,1H3,(H,18,19). The van der Waals surface area contributed by atoms with Crippen LogP contribution < -0.4 is 0 Å². The van der Waals surface area contributed by atoms with E-state index in [1.165, 1.54) is 0 Å². The highest BCUT2D eigenvalue weighted by Crippen LogP contribution is 2.13. The van der Waals surface area contributed by atoms with Crippen LogP contribution in [0.2, 0.25) is 0 Å². The largest absolute Gasteiger partial charge is 0.480 e. The van der Waals surface area contributed by atoms with Crippen LogP contribution in [-0.2, 0) is 25.2 Å². The number of carbonyl (C=O) groups is 2. The summed E-state index contributed by atoms with van der Waals surface area (Å²) in [5.74, 6) is -2.77. The molecule has 1 rings (SSSR count). The quantitative estimate of drug-likeness (QED) is 0.727. The number of hydrogen-bond donors (Lipinski definition) is 1. The number of carboxylic acid groups (broad SMARTS) is 1. The number of amides is 1. The molecular formula is C14H18BrNO5S. The summed E-state index contributed by atoms with van der Waals surface area (Å²) < 4.78 is 25.0. The number of aliphatic carboxylic acids is 1. The van der Waals surface area contributed by atoms with Crippen molar-refractivity contribution in [3.8, 4) is 0 Å². The summed E-state index contributed by atoms with van der Waals surface area (Å²) in [6.07, 6.45) is 0.561. The summed E-state index contributed by atoms with van der Waals surface area (Å²) >= 11 is 3.26. The summed E-state index contributed by atoms with van der Waals surface area (Å²) in [6.45, 7) is 1.53. The molecule has 0 radical (unpaired) electrons. The molecule has 0 spiro atoms. The van der Waals surface area contributed by atoms with Gasteiger partial charge < -0.3 is 10.0 Å². The molecule has 8 heteroatoms. The minimum Gasteiger partial charge on any atom is -0.480 e. The van der Waals surface area contributed by atoms with Crippen molar-refractivity contribution in [1.82, 2.24) is 4.90 Å². The van der Waals surface area contributed by atoms with Crippen molar-refractivity contribution in [1.29, 1.82) is 0 Å². The van der Waals surface area contributed by atoms with E-state index >= 15 is 0 Å². The molecule has 6 nitrogen and oxygen atoms in total. The van der Waals surface area contributed by atoms with E-state index in [9.17, 15) is 18.0 Å². The van der Waals surface area contributed by atoms with Crippen molar-refractivity contribution in [2.75, 3.05) is 18.8 Å². The van der Waals surface area contributed by atoms with Gasteiger partial charge in [0.1, 0.15) is 12.3 Å². The maximum absolute atomic E-state index is 12.1. The summed E-state index contributed by atoms with van der Waals surface area (Å²) in [4.78, 5) is 23.8. The predicted octanol–water partition coefficient (Wildman–Crippen LogP) is 1.69. The molecule has 0 unspecified atom stereocenters. The van der Waals surface area contributed by atoms with E-state index in [0.29, 0.717) is 12.0 Å². The molecule has 0 aromatic heterocycles. The Morgan fingerprint density at radius 3 is 2.32 bits per heavy atom. The zero-order chi connectivity index (χ0) is 16.8. The van der Waals surface area contributed by atoms with Crippen LogP contribution in [0.1, 0.15) is 18.9 Å². The molecule has 0 saturated carbocycles. The summed E-state index contributed by atoms with van der Waals surface area (Å²) in [7, 11) is -3.65. The minimum atomic E-state index is -3.65. The average Bonchev–Trinajstić information content (AvgIpc) is 2.39. The lowest BCUT2D eigenvalue weighted by atomic mass is 10.2. The van der Waals surface area contributed by atoms with E-state index in [-0.39, 0.29) is 12.3 Å². The molecule has 0 bridgehead atoms. The second kappa shape index (κ2) is 8.28. The Balaban J connectivity index is 2.74. The zero-order valence-electron chi connectivity index (χ0n) is 12.2. The highest BCUT2D eigenvalue weighted by atomic mass is 79.9. The summed E-state index contributed by atoms with van der Waals surface area (Å²) in [5.41, 5.74) is 0.580. The molecule has 1 aromatic rings. The predicted molar refractivity (Wildman–Crippen MR) is 86.1 cm³/mol. The van der Waals surface area contributed by atoms with Gasteiger partial charge in [-0.1, -0.05) is 35.0 Å². The monoisotopic (exact) mass is 391 g/mol. The van der Waals surface area contributed by atoms with Gasteiger partial charge in [0.25, 0.3) is 0 Å². The van der Waals surface area contributed by atoms with E-state index in [2.05, 4.69) is 15.9 Å². The van der Waals surface area contributed by atoms with E-state index < -0.39 is 34.0 Å². The molecule has 1 aromatic carbocycles. The van der Waals surface area contributed by atoms with Gasteiger partial charge >= 0.3 is 5.97 Å². The molecule has 1 amide bonds. The lowest BCUT2D eigenvalue weighted by Crippen LogP contribution is -2.40. The first-order valence-corrected chi connectivity index (χ1v) is 9.29. The fourth-order valence-corrected chi connectivity index (χ4v) is 3.52. The Labute approximate surface area is 138 Å². The number of carbonyl (C=O) groups excluding carboxylic acids is 1. The van der Waals surface area contributed by atoms with Gasteiger partial charge in [-0.15, -0.1) is 0 Å². The first kappa shape index (κ1) is 18.6. The van der Waals surface area contributed by atoms with Crippen molar-refractivity contribution in [2.24, 2.45) is 0 Å². The Hall–Kier alpha value is -1.41. The highest BCUT2D eigenvalue weighted by molar-refractivity contribution is 9.10. The van der Waals surface area contributed by atoms with Crippen LogP contribution in [0.4, 0.5) is 0 Å². The molecule has 22 heavy (non-hydrogen) atoms. The summed E-state index contributed by atoms with van der Waals surface area (Å²) in [6, 6.07) is 6.77. The van der Waals surface area contributed by atoms with E-state index in [1.807, 2.05) is 0 Å². The fourth-order valence-electron chi connectivity index (χ4n) is 1.89. The molecule has 0 heterocycles. The van der Waals surface area contributed by atoms with Crippen molar-refractivity contribution < 1.29 is 23.1 Å². The van der Waals surface area contributed by atoms with Crippen LogP contribution in [-0.4, -0.2) is 49.1 Å². The van der Waals surface area contributed by atoms with Gasteiger partial charge in [0, 0.05) is 11.0 Å². The van der Waals surface area contributed by atoms with Gasteiger partial charge in [0.2, 0.25) is 5.91 Å². The van der Waals surface area contributed by atoms with Gasteiger partial charge in [-0.25, -0.2) is 8.42 Å². The van der Waals surface area contributed by atoms with Crippen LogP contribution >= 0.6 is 15.9 Å². The van der Waals surface area contributed by atoms with Gasteiger partial charge in [-0.05, 0) is 24.1 Å².